The van der Waals surface area contributed by atoms with Gasteiger partial charge in [-0.1, -0.05) is 60.7 Å². The number of Topliss-reactive ketones (excluding diaryl/α,β-unsaturated/α-hetero) is 1. The molecule has 2 heterocycles. The number of quaternary nitrogens is 1. The fourth-order valence-corrected chi connectivity index (χ4v) is 4.03. The molecule has 0 saturated carbocycles. The van der Waals surface area contributed by atoms with Gasteiger partial charge in [-0.05, 0) is 5.56 Å². The predicted molar refractivity (Wildman–Crippen MR) is 108 cm³/mol. The topological polar surface area (TPSA) is 71.3 Å². The molecule has 2 aliphatic rings. The predicted octanol–water partition coefficient (Wildman–Crippen LogP) is 1.02. The van der Waals surface area contributed by atoms with E-state index in [9.17, 15) is 14.7 Å². The second-order valence-corrected chi connectivity index (χ2v) is 7.38. The number of morpholine rings is 1. The summed E-state index contributed by atoms with van der Waals surface area (Å²) in [4.78, 5) is 28.8. The molecule has 0 spiro atoms. The van der Waals surface area contributed by atoms with Gasteiger partial charge in [0.25, 0.3) is 11.7 Å². The number of rotatable bonds is 5. The van der Waals surface area contributed by atoms with E-state index in [-0.39, 0.29) is 11.3 Å². The Labute approximate surface area is 170 Å². The number of carbonyl (C=O) groups is 2. The molecular formula is C23H25N2O4+. The summed E-state index contributed by atoms with van der Waals surface area (Å²) in [6.45, 7) is 4.40. The number of ether oxygens (including phenoxy) is 1. The molecule has 29 heavy (non-hydrogen) atoms. The van der Waals surface area contributed by atoms with E-state index in [1.54, 1.807) is 29.2 Å². The number of hydrogen-bond acceptors (Lipinski definition) is 4. The lowest BCUT2D eigenvalue weighted by atomic mass is 9.95. The molecule has 6 heteroatoms. The standard InChI is InChI=1S/C23H24N2O4/c26-21(18-9-5-2-6-10-18)19-20(17-7-3-1-4-8-17)25(23(28)22(19)27)12-11-24-13-15-29-16-14-24/h1-10,20,26H,11-16H2/p+1/t20-/m1/s1. The molecule has 0 bridgehead atoms. The maximum atomic E-state index is 12.9. The van der Waals surface area contributed by atoms with Crippen LogP contribution in [0.3, 0.4) is 0 Å². The van der Waals surface area contributed by atoms with E-state index >= 15 is 0 Å². The normalized spacial score (nSPS) is 22.2. The monoisotopic (exact) mass is 393 g/mol. The molecule has 2 fully saturated rings. The van der Waals surface area contributed by atoms with Gasteiger partial charge in [-0.2, -0.15) is 0 Å². The van der Waals surface area contributed by atoms with Gasteiger partial charge in [0.05, 0.1) is 37.9 Å². The van der Waals surface area contributed by atoms with Gasteiger partial charge in [0.15, 0.2) is 0 Å². The lowest BCUT2D eigenvalue weighted by Crippen LogP contribution is -3.14. The number of amides is 1. The maximum absolute atomic E-state index is 12.9. The second-order valence-electron chi connectivity index (χ2n) is 7.38. The number of benzene rings is 2. The third-order valence-electron chi connectivity index (χ3n) is 5.61. The van der Waals surface area contributed by atoms with Crippen molar-refractivity contribution in [3.63, 3.8) is 0 Å². The molecule has 0 aromatic heterocycles. The summed E-state index contributed by atoms with van der Waals surface area (Å²) in [5, 5.41) is 10.9. The first-order valence-electron chi connectivity index (χ1n) is 9.97. The fourth-order valence-electron chi connectivity index (χ4n) is 4.03. The van der Waals surface area contributed by atoms with Crippen molar-refractivity contribution in [3.05, 3.63) is 77.4 Å². The number of aliphatic hydroxyl groups is 1. The minimum atomic E-state index is -0.628. The van der Waals surface area contributed by atoms with E-state index in [4.69, 9.17) is 4.74 Å². The zero-order chi connectivity index (χ0) is 20.2. The van der Waals surface area contributed by atoms with Gasteiger partial charge in [-0.25, -0.2) is 0 Å². The van der Waals surface area contributed by atoms with Crippen LogP contribution in [-0.2, 0) is 14.3 Å². The number of hydrogen-bond donors (Lipinski definition) is 2. The molecular weight excluding hydrogens is 368 g/mol. The van der Waals surface area contributed by atoms with Crippen LogP contribution in [0.2, 0.25) is 0 Å². The van der Waals surface area contributed by atoms with Crippen LogP contribution >= 0.6 is 0 Å². The summed E-state index contributed by atoms with van der Waals surface area (Å²) < 4.78 is 5.40. The third-order valence-corrected chi connectivity index (χ3v) is 5.61. The number of ketones is 1. The van der Waals surface area contributed by atoms with Crippen LogP contribution in [0.5, 0.6) is 0 Å². The lowest BCUT2D eigenvalue weighted by molar-refractivity contribution is -0.907. The highest BCUT2D eigenvalue weighted by Crippen LogP contribution is 2.38. The van der Waals surface area contributed by atoms with Crippen LogP contribution in [0.25, 0.3) is 5.76 Å². The quantitative estimate of drug-likeness (QED) is 0.452. The zero-order valence-corrected chi connectivity index (χ0v) is 16.2. The van der Waals surface area contributed by atoms with Crippen molar-refractivity contribution in [2.75, 3.05) is 39.4 Å². The maximum Gasteiger partial charge on any atom is 0.295 e. The Balaban J connectivity index is 1.70. The van der Waals surface area contributed by atoms with Gasteiger partial charge < -0.3 is 19.6 Å². The zero-order valence-electron chi connectivity index (χ0n) is 16.2. The Morgan fingerprint density at radius 1 is 1.00 bits per heavy atom. The number of nitrogens with one attached hydrogen (secondary N) is 1. The van der Waals surface area contributed by atoms with Gasteiger partial charge in [0.1, 0.15) is 18.8 Å². The number of nitrogens with zero attached hydrogens (tertiary/aromatic N) is 1. The van der Waals surface area contributed by atoms with Crippen LogP contribution in [0.4, 0.5) is 0 Å². The van der Waals surface area contributed by atoms with Gasteiger partial charge >= 0.3 is 0 Å². The molecule has 2 aromatic rings. The molecule has 2 aromatic carbocycles. The molecule has 2 aliphatic heterocycles. The Bertz CT molecular complexity index is 905. The SMILES string of the molecule is O=C1C(=O)N(CC[NH+]2CCOCC2)[C@H](c2ccccc2)C1=C(O)c1ccccc1. The number of likely N-dealkylation sites (tertiary alicyclic amines) is 1. The molecule has 0 aliphatic carbocycles. The van der Waals surface area contributed by atoms with Crippen molar-refractivity contribution in [2.45, 2.75) is 6.04 Å². The van der Waals surface area contributed by atoms with Gasteiger partial charge in [0, 0.05) is 5.56 Å². The van der Waals surface area contributed by atoms with Gasteiger partial charge in [0.2, 0.25) is 0 Å². The molecule has 1 atom stereocenters. The molecule has 0 unspecified atom stereocenters. The Hall–Kier alpha value is -2.96. The van der Waals surface area contributed by atoms with Crippen LogP contribution < -0.4 is 4.90 Å². The molecule has 0 radical (unpaired) electrons. The molecule has 2 saturated heterocycles. The summed E-state index contributed by atoms with van der Waals surface area (Å²) >= 11 is 0. The molecule has 2 N–H and O–H groups in total. The molecule has 6 nitrogen and oxygen atoms in total. The number of aliphatic hydroxyl groups excluding tert-OH is 1. The Kier molecular flexibility index (Phi) is 5.74. The summed E-state index contributed by atoms with van der Waals surface area (Å²) in [6, 6.07) is 17.8. The summed E-state index contributed by atoms with van der Waals surface area (Å²) in [5.74, 6) is -1.31. The number of carbonyl (C=O) groups excluding carboxylic acids is 2. The minimum absolute atomic E-state index is 0.126. The van der Waals surface area contributed by atoms with E-state index in [2.05, 4.69) is 0 Å². The van der Waals surface area contributed by atoms with Gasteiger partial charge in [-0.15, -0.1) is 0 Å². The van der Waals surface area contributed by atoms with Crippen LogP contribution in [-0.4, -0.2) is 61.1 Å². The van der Waals surface area contributed by atoms with Crippen molar-refractivity contribution >= 4 is 17.4 Å². The average molecular weight is 393 g/mol. The van der Waals surface area contributed by atoms with Crippen LogP contribution in [0.15, 0.2) is 66.2 Å². The van der Waals surface area contributed by atoms with E-state index in [1.165, 1.54) is 4.90 Å². The summed E-state index contributed by atoms with van der Waals surface area (Å²) in [6.07, 6.45) is 0. The van der Waals surface area contributed by atoms with Crippen molar-refractivity contribution in [3.8, 4) is 0 Å². The lowest BCUT2D eigenvalue weighted by Gasteiger charge is -2.29. The Morgan fingerprint density at radius 3 is 2.28 bits per heavy atom. The molecule has 1 amide bonds. The smallest absolute Gasteiger partial charge is 0.295 e. The second kappa shape index (κ2) is 8.59. The average Bonchev–Trinajstić information content (AvgIpc) is 3.04. The van der Waals surface area contributed by atoms with E-state index in [0.29, 0.717) is 25.3 Å². The van der Waals surface area contributed by atoms with E-state index in [0.717, 1.165) is 25.2 Å². The van der Waals surface area contributed by atoms with E-state index in [1.807, 2.05) is 36.4 Å². The van der Waals surface area contributed by atoms with Crippen molar-refractivity contribution in [1.29, 1.82) is 0 Å². The minimum Gasteiger partial charge on any atom is -0.507 e. The summed E-state index contributed by atoms with van der Waals surface area (Å²) in [7, 11) is 0. The van der Waals surface area contributed by atoms with E-state index < -0.39 is 17.7 Å². The van der Waals surface area contributed by atoms with Crippen LogP contribution in [0.1, 0.15) is 17.2 Å². The Morgan fingerprint density at radius 2 is 1.62 bits per heavy atom. The fraction of sp³-hybridized carbons (Fsp3) is 0.304. The highest BCUT2D eigenvalue weighted by atomic mass is 16.5. The van der Waals surface area contributed by atoms with Crippen molar-refractivity contribution in [2.24, 2.45) is 0 Å². The first kappa shape index (κ1) is 19.4. The largest absolute Gasteiger partial charge is 0.507 e. The summed E-state index contributed by atoms with van der Waals surface area (Å²) in [5.41, 5.74) is 1.51. The highest BCUT2D eigenvalue weighted by molar-refractivity contribution is 6.46. The first-order valence-corrected chi connectivity index (χ1v) is 9.97. The highest BCUT2D eigenvalue weighted by Gasteiger charge is 2.46. The third kappa shape index (κ3) is 3.95. The van der Waals surface area contributed by atoms with Gasteiger partial charge in [-0.3, -0.25) is 9.59 Å². The first-order chi connectivity index (χ1) is 14.2. The molecule has 4 rings (SSSR count). The van der Waals surface area contributed by atoms with Crippen molar-refractivity contribution in [1.82, 2.24) is 4.90 Å². The molecule has 150 valence electrons. The van der Waals surface area contributed by atoms with Crippen LogP contribution in [0, 0.1) is 0 Å². The van der Waals surface area contributed by atoms with Crippen molar-refractivity contribution < 1.29 is 24.3 Å².